The number of rotatable bonds is 5. The number of aliphatic carboxylic acids is 1. The summed E-state index contributed by atoms with van der Waals surface area (Å²) in [6.45, 7) is 7.57. The molecule has 136 valence electrons. The number of hydrogen-bond donors (Lipinski definition) is 1. The van der Waals surface area contributed by atoms with Crippen molar-refractivity contribution in [2.45, 2.75) is 33.6 Å². The van der Waals surface area contributed by atoms with Crippen LogP contribution in [-0.4, -0.2) is 58.9 Å². The van der Waals surface area contributed by atoms with E-state index in [-0.39, 0.29) is 18.4 Å². The highest BCUT2D eigenvalue weighted by atomic mass is 16.4. The Morgan fingerprint density at radius 2 is 1.68 bits per heavy atom. The van der Waals surface area contributed by atoms with Gasteiger partial charge in [0.15, 0.2) is 0 Å². The molecule has 1 N–H and O–H groups in total. The Bertz CT molecular complexity index is 652. The molecule has 2 rings (SSSR count). The van der Waals surface area contributed by atoms with Crippen molar-refractivity contribution in [2.75, 3.05) is 26.2 Å². The molecular formula is C19H26N2O4. The number of likely N-dealkylation sites (tertiary alicyclic amines) is 1. The second kappa shape index (κ2) is 7.68. The fraction of sp³-hybridized carbons (Fsp3) is 0.526. The van der Waals surface area contributed by atoms with Crippen LogP contribution in [0.2, 0.25) is 0 Å². The summed E-state index contributed by atoms with van der Waals surface area (Å²) in [5.74, 6) is -1.11. The Morgan fingerprint density at radius 1 is 1.12 bits per heavy atom. The monoisotopic (exact) mass is 346 g/mol. The lowest BCUT2D eigenvalue weighted by molar-refractivity contribution is -0.150. The van der Waals surface area contributed by atoms with E-state index in [9.17, 15) is 19.5 Å². The normalized spacial score (nSPS) is 20.2. The number of carbonyl (C=O) groups excluding carboxylic acids is 2. The maximum absolute atomic E-state index is 12.7. The van der Waals surface area contributed by atoms with Crippen LogP contribution in [0.25, 0.3) is 0 Å². The van der Waals surface area contributed by atoms with E-state index < -0.39 is 11.4 Å². The number of benzene rings is 1. The zero-order valence-electron chi connectivity index (χ0n) is 15.1. The van der Waals surface area contributed by atoms with Crippen molar-refractivity contribution in [3.05, 3.63) is 35.4 Å². The molecule has 1 heterocycles. The number of piperidine rings is 1. The Balaban J connectivity index is 2.13. The zero-order chi connectivity index (χ0) is 18.6. The first-order chi connectivity index (χ1) is 11.8. The summed E-state index contributed by atoms with van der Waals surface area (Å²) in [6, 6.07) is 6.61. The average Bonchev–Trinajstić information content (AvgIpc) is 2.62. The van der Waals surface area contributed by atoms with E-state index >= 15 is 0 Å². The third kappa shape index (κ3) is 4.00. The van der Waals surface area contributed by atoms with Gasteiger partial charge in [-0.3, -0.25) is 14.4 Å². The van der Waals surface area contributed by atoms with E-state index in [1.165, 1.54) is 0 Å². The second-order valence-electron chi connectivity index (χ2n) is 6.75. The topological polar surface area (TPSA) is 77.9 Å². The summed E-state index contributed by atoms with van der Waals surface area (Å²) < 4.78 is 0. The molecule has 6 nitrogen and oxygen atoms in total. The average molecular weight is 346 g/mol. The minimum atomic E-state index is -0.896. The number of carbonyl (C=O) groups is 3. The minimum absolute atomic E-state index is 0.0552. The first-order valence-electron chi connectivity index (χ1n) is 8.74. The van der Waals surface area contributed by atoms with Crippen molar-refractivity contribution in [3.8, 4) is 0 Å². The van der Waals surface area contributed by atoms with Gasteiger partial charge in [0.05, 0.1) is 5.41 Å². The van der Waals surface area contributed by atoms with Crippen LogP contribution < -0.4 is 0 Å². The summed E-state index contributed by atoms with van der Waals surface area (Å²) in [7, 11) is 0. The number of carboxylic acids is 1. The van der Waals surface area contributed by atoms with Gasteiger partial charge < -0.3 is 14.9 Å². The van der Waals surface area contributed by atoms with Gasteiger partial charge in [0.1, 0.15) is 0 Å². The highest BCUT2D eigenvalue weighted by Gasteiger charge is 2.39. The molecule has 1 saturated heterocycles. The zero-order valence-corrected chi connectivity index (χ0v) is 15.1. The summed E-state index contributed by atoms with van der Waals surface area (Å²) in [5, 5.41) is 9.38. The summed E-state index contributed by atoms with van der Waals surface area (Å²) in [5.41, 5.74) is 0.132. The molecule has 0 bridgehead atoms. The fourth-order valence-electron chi connectivity index (χ4n) is 3.22. The third-order valence-corrected chi connectivity index (χ3v) is 4.93. The first-order valence-corrected chi connectivity index (χ1v) is 8.74. The first kappa shape index (κ1) is 19.0. The molecule has 25 heavy (non-hydrogen) atoms. The SMILES string of the molecule is CCN(CC)C(=O)c1ccc(C(=O)N2CCCC(C)(C(=O)O)C2)cc1. The van der Waals surface area contributed by atoms with Crippen LogP contribution in [0.4, 0.5) is 0 Å². The van der Waals surface area contributed by atoms with E-state index in [0.717, 1.165) is 0 Å². The Morgan fingerprint density at radius 3 is 2.20 bits per heavy atom. The summed E-state index contributed by atoms with van der Waals surface area (Å²) >= 11 is 0. The molecule has 1 unspecified atom stereocenters. The van der Waals surface area contributed by atoms with Gasteiger partial charge in [-0.15, -0.1) is 0 Å². The molecule has 1 aliphatic rings. The predicted molar refractivity (Wildman–Crippen MR) is 94.6 cm³/mol. The van der Waals surface area contributed by atoms with Gasteiger partial charge in [-0.2, -0.15) is 0 Å². The molecule has 0 radical (unpaired) electrons. The van der Waals surface area contributed by atoms with Crippen LogP contribution in [-0.2, 0) is 4.79 Å². The molecule has 2 amide bonds. The Labute approximate surface area is 148 Å². The van der Waals surface area contributed by atoms with Crippen LogP contribution in [0, 0.1) is 5.41 Å². The molecule has 1 aromatic carbocycles. The van der Waals surface area contributed by atoms with Crippen molar-refractivity contribution >= 4 is 17.8 Å². The van der Waals surface area contributed by atoms with E-state index in [1.54, 1.807) is 41.0 Å². The van der Waals surface area contributed by atoms with Crippen molar-refractivity contribution in [3.63, 3.8) is 0 Å². The maximum Gasteiger partial charge on any atom is 0.311 e. The van der Waals surface area contributed by atoms with E-state index in [1.807, 2.05) is 13.8 Å². The second-order valence-corrected chi connectivity index (χ2v) is 6.75. The predicted octanol–water partition coefficient (Wildman–Crippen LogP) is 2.50. The van der Waals surface area contributed by atoms with E-state index in [2.05, 4.69) is 0 Å². The Hall–Kier alpha value is -2.37. The minimum Gasteiger partial charge on any atom is -0.481 e. The van der Waals surface area contributed by atoms with Crippen LogP contribution in [0.5, 0.6) is 0 Å². The highest BCUT2D eigenvalue weighted by molar-refractivity contribution is 5.98. The van der Waals surface area contributed by atoms with Crippen molar-refractivity contribution in [2.24, 2.45) is 5.41 Å². The molecule has 1 atom stereocenters. The number of nitrogens with zero attached hydrogens (tertiary/aromatic N) is 2. The molecule has 0 aliphatic carbocycles. The van der Waals surface area contributed by atoms with Crippen LogP contribution in [0.3, 0.4) is 0 Å². The van der Waals surface area contributed by atoms with Gasteiger partial charge in [0.25, 0.3) is 11.8 Å². The van der Waals surface area contributed by atoms with Crippen molar-refractivity contribution < 1.29 is 19.5 Å². The van der Waals surface area contributed by atoms with Gasteiger partial charge in [-0.05, 0) is 57.9 Å². The summed E-state index contributed by atoms with van der Waals surface area (Å²) in [6.07, 6.45) is 1.25. The lowest BCUT2D eigenvalue weighted by Gasteiger charge is -2.37. The van der Waals surface area contributed by atoms with Crippen LogP contribution in [0.15, 0.2) is 24.3 Å². The number of carboxylic acid groups (broad SMARTS) is 1. The molecule has 0 spiro atoms. The van der Waals surface area contributed by atoms with Crippen molar-refractivity contribution in [1.82, 2.24) is 9.80 Å². The summed E-state index contributed by atoms with van der Waals surface area (Å²) in [4.78, 5) is 39.7. The molecule has 1 aromatic rings. The molecule has 1 fully saturated rings. The van der Waals surface area contributed by atoms with Gasteiger partial charge in [0.2, 0.25) is 0 Å². The quantitative estimate of drug-likeness (QED) is 0.888. The molecular weight excluding hydrogens is 320 g/mol. The molecule has 6 heteroatoms. The van der Waals surface area contributed by atoms with E-state index in [0.29, 0.717) is 43.6 Å². The molecule has 0 saturated carbocycles. The molecule has 0 aromatic heterocycles. The van der Waals surface area contributed by atoms with Crippen LogP contribution in [0.1, 0.15) is 54.3 Å². The lowest BCUT2D eigenvalue weighted by atomic mass is 9.82. The highest BCUT2D eigenvalue weighted by Crippen LogP contribution is 2.30. The third-order valence-electron chi connectivity index (χ3n) is 4.93. The van der Waals surface area contributed by atoms with Crippen molar-refractivity contribution in [1.29, 1.82) is 0 Å². The van der Waals surface area contributed by atoms with Gasteiger partial charge in [0, 0.05) is 37.3 Å². The Kier molecular flexibility index (Phi) is 5.82. The largest absolute Gasteiger partial charge is 0.481 e. The van der Waals surface area contributed by atoms with Gasteiger partial charge in [-0.25, -0.2) is 0 Å². The number of hydrogen-bond acceptors (Lipinski definition) is 3. The molecule has 1 aliphatic heterocycles. The van der Waals surface area contributed by atoms with E-state index in [4.69, 9.17) is 0 Å². The smallest absolute Gasteiger partial charge is 0.311 e. The lowest BCUT2D eigenvalue weighted by Crippen LogP contribution is -2.48. The van der Waals surface area contributed by atoms with Gasteiger partial charge >= 0.3 is 5.97 Å². The maximum atomic E-state index is 12.7. The van der Waals surface area contributed by atoms with Crippen LogP contribution >= 0.6 is 0 Å². The van der Waals surface area contributed by atoms with Gasteiger partial charge in [-0.1, -0.05) is 0 Å². The number of amides is 2. The fourth-order valence-corrected chi connectivity index (χ4v) is 3.22. The standard InChI is InChI=1S/C19H26N2O4/c1-4-20(5-2)16(22)14-7-9-15(10-8-14)17(23)21-12-6-11-19(3,13-21)18(24)25/h7-10H,4-6,11-13H2,1-3H3,(H,24,25).